The van der Waals surface area contributed by atoms with Crippen molar-refractivity contribution in [1.82, 2.24) is 0 Å². The van der Waals surface area contributed by atoms with Crippen LogP contribution in [0.25, 0.3) is 0 Å². The van der Waals surface area contributed by atoms with Crippen molar-refractivity contribution in [3.63, 3.8) is 0 Å². The van der Waals surface area contributed by atoms with Gasteiger partial charge in [-0.1, -0.05) is 11.6 Å². The van der Waals surface area contributed by atoms with Crippen LogP contribution < -0.4 is 9.46 Å². The molecule has 6 nitrogen and oxygen atoms in total. The van der Waals surface area contributed by atoms with E-state index in [1.165, 1.54) is 18.2 Å². The summed E-state index contributed by atoms with van der Waals surface area (Å²) in [7, 11) is -3.09. The standard InChI is InChI=1S/C15H11ClF3NO5S/c1-24-14(21)12-7-2-9(16)8-13(12)20-26(22,23)11-5-3-10(4-6-11)25-15(17,18)19/h2-8,20H,1H3. The number of hydrogen-bond donors (Lipinski definition) is 1. The SMILES string of the molecule is COC(=O)c1ccc(Cl)cc1NS(=O)(=O)c1ccc(OC(F)(F)F)cc1. The van der Waals surface area contributed by atoms with Crippen LogP contribution in [-0.2, 0) is 14.8 Å². The van der Waals surface area contributed by atoms with Crippen molar-refractivity contribution >= 4 is 33.3 Å². The predicted octanol–water partition coefficient (Wildman–Crippen LogP) is 3.83. The van der Waals surface area contributed by atoms with E-state index in [1.54, 1.807) is 0 Å². The number of anilines is 1. The summed E-state index contributed by atoms with van der Waals surface area (Å²) in [6.07, 6.45) is -4.89. The van der Waals surface area contributed by atoms with E-state index >= 15 is 0 Å². The number of sulfonamides is 1. The molecule has 0 aliphatic rings. The lowest BCUT2D eigenvalue weighted by Crippen LogP contribution is -2.18. The molecule has 0 aliphatic heterocycles. The first-order valence-electron chi connectivity index (χ1n) is 6.78. The van der Waals surface area contributed by atoms with E-state index in [-0.39, 0.29) is 21.2 Å². The first kappa shape index (κ1) is 19.9. The van der Waals surface area contributed by atoms with Gasteiger partial charge in [-0.15, -0.1) is 13.2 Å². The fraction of sp³-hybridized carbons (Fsp3) is 0.133. The third-order valence-electron chi connectivity index (χ3n) is 3.00. The highest BCUT2D eigenvalue weighted by Gasteiger charge is 2.31. The van der Waals surface area contributed by atoms with Gasteiger partial charge in [0.1, 0.15) is 5.75 Å². The van der Waals surface area contributed by atoms with Gasteiger partial charge in [0.25, 0.3) is 10.0 Å². The van der Waals surface area contributed by atoms with Crippen LogP contribution in [0.15, 0.2) is 47.4 Å². The van der Waals surface area contributed by atoms with E-state index in [0.29, 0.717) is 0 Å². The Hall–Kier alpha value is -2.46. The van der Waals surface area contributed by atoms with Gasteiger partial charge in [-0.2, -0.15) is 0 Å². The molecule has 0 amide bonds. The van der Waals surface area contributed by atoms with Gasteiger partial charge in [0.15, 0.2) is 0 Å². The second-order valence-corrected chi connectivity index (χ2v) is 6.93. The molecule has 2 aromatic carbocycles. The number of nitrogens with one attached hydrogen (secondary N) is 1. The molecule has 0 saturated heterocycles. The highest BCUT2D eigenvalue weighted by atomic mass is 35.5. The van der Waals surface area contributed by atoms with Crippen molar-refractivity contribution in [1.29, 1.82) is 0 Å². The minimum Gasteiger partial charge on any atom is -0.465 e. The molecule has 2 aromatic rings. The third-order valence-corrected chi connectivity index (χ3v) is 4.62. The Kier molecular flexibility index (Phi) is 5.67. The van der Waals surface area contributed by atoms with Crippen molar-refractivity contribution in [2.75, 3.05) is 11.8 Å². The van der Waals surface area contributed by atoms with Crippen molar-refractivity contribution in [3.05, 3.63) is 53.1 Å². The molecule has 2 rings (SSSR count). The van der Waals surface area contributed by atoms with Crippen LogP contribution in [0, 0.1) is 0 Å². The summed E-state index contributed by atoms with van der Waals surface area (Å²) >= 11 is 5.81. The zero-order valence-corrected chi connectivity index (χ0v) is 14.6. The largest absolute Gasteiger partial charge is 0.573 e. The Bertz CT molecular complexity index is 914. The van der Waals surface area contributed by atoms with Crippen molar-refractivity contribution in [3.8, 4) is 5.75 Å². The monoisotopic (exact) mass is 409 g/mol. The molecule has 0 aromatic heterocycles. The topological polar surface area (TPSA) is 81.7 Å². The van der Waals surface area contributed by atoms with Gasteiger partial charge in [-0.25, -0.2) is 13.2 Å². The number of benzene rings is 2. The Morgan fingerprint density at radius 3 is 2.27 bits per heavy atom. The number of alkyl halides is 3. The van der Waals surface area contributed by atoms with Crippen LogP contribution in [0.3, 0.4) is 0 Å². The first-order chi connectivity index (χ1) is 12.0. The molecule has 0 unspecified atom stereocenters. The molecule has 26 heavy (non-hydrogen) atoms. The molecule has 0 saturated carbocycles. The van der Waals surface area contributed by atoms with Crippen LogP contribution in [-0.4, -0.2) is 27.9 Å². The van der Waals surface area contributed by atoms with Crippen LogP contribution in [0.1, 0.15) is 10.4 Å². The van der Waals surface area contributed by atoms with Crippen LogP contribution in [0.4, 0.5) is 18.9 Å². The van der Waals surface area contributed by atoms with Crippen molar-refractivity contribution in [2.45, 2.75) is 11.3 Å². The molecular weight excluding hydrogens is 399 g/mol. The Balaban J connectivity index is 2.32. The number of methoxy groups -OCH3 is 1. The molecule has 1 N–H and O–H groups in total. The van der Waals surface area contributed by atoms with Crippen LogP contribution in [0.2, 0.25) is 5.02 Å². The highest BCUT2D eigenvalue weighted by Crippen LogP contribution is 2.27. The molecule has 11 heteroatoms. The summed E-state index contributed by atoms with van der Waals surface area (Å²) in [5.41, 5.74) is -0.225. The van der Waals surface area contributed by atoms with Crippen LogP contribution in [0.5, 0.6) is 5.75 Å². The van der Waals surface area contributed by atoms with E-state index in [9.17, 15) is 26.4 Å². The second-order valence-electron chi connectivity index (χ2n) is 4.81. The highest BCUT2D eigenvalue weighted by molar-refractivity contribution is 7.92. The lowest BCUT2D eigenvalue weighted by atomic mass is 10.2. The van der Waals surface area contributed by atoms with Gasteiger partial charge in [-0.3, -0.25) is 4.72 Å². The number of carbonyl (C=O) groups is 1. The first-order valence-corrected chi connectivity index (χ1v) is 8.64. The Morgan fingerprint density at radius 1 is 1.12 bits per heavy atom. The van der Waals surface area contributed by atoms with Gasteiger partial charge in [0.05, 0.1) is 23.3 Å². The quantitative estimate of drug-likeness (QED) is 0.759. The molecule has 0 atom stereocenters. The minimum atomic E-state index is -4.89. The van der Waals surface area contributed by atoms with Crippen molar-refractivity contribution < 1.29 is 35.9 Å². The fourth-order valence-corrected chi connectivity index (χ4v) is 3.16. The third kappa shape index (κ3) is 5.02. The van der Waals surface area contributed by atoms with Crippen LogP contribution >= 0.6 is 11.6 Å². The summed E-state index contributed by atoms with van der Waals surface area (Å²) in [6, 6.07) is 7.38. The molecule has 0 spiro atoms. The number of halogens is 4. The lowest BCUT2D eigenvalue weighted by Gasteiger charge is -2.13. The number of esters is 1. The number of ether oxygens (including phenoxy) is 2. The van der Waals surface area contributed by atoms with Crippen molar-refractivity contribution in [2.24, 2.45) is 0 Å². The maximum Gasteiger partial charge on any atom is 0.573 e. The summed E-state index contributed by atoms with van der Waals surface area (Å²) in [6.45, 7) is 0. The molecular formula is C15H11ClF3NO5S. The molecule has 0 aliphatic carbocycles. The van der Waals surface area contributed by atoms with E-state index in [2.05, 4.69) is 14.2 Å². The maximum absolute atomic E-state index is 12.4. The average molecular weight is 410 g/mol. The van der Waals surface area contributed by atoms with E-state index in [1.807, 2.05) is 0 Å². The van der Waals surface area contributed by atoms with E-state index in [4.69, 9.17) is 11.6 Å². The molecule has 0 radical (unpaired) electrons. The summed E-state index contributed by atoms with van der Waals surface area (Å²) in [4.78, 5) is 11.4. The Labute approximate surface area is 151 Å². The molecule has 0 bridgehead atoms. The van der Waals surface area contributed by atoms with Gasteiger partial charge in [0, 0.05) is 5.02 Å². The van der Waals surface area contributed by atoms with Gasteiger partial charge in [-0.05, 0) is 42.5 Å². The summed E-state index contributed by atoms with van der Waals surface area (Å²) in [5, 5.41) is 0.157. The molecule has 0 heterocycles. The average Bonchev–Trinajstić information content (AvgIpc) is 2.53. The van der Waals surface area contributed by atoms with E-state index in [0.717, 1.165) is 31.4 Å². The minimum absolute atomic E-state index is 0.0856. The van der Waals surface area contributed by atoms with Gasteiger partial charge in [0.2, 0.25) is 0 Å². The molecule has 0 fully saturated rings. The smallest absolute Gasteiger partial charge is 0.465 e. The maximum atomic E-state index is 12.4. The number of rotatable bonds is 5. The lowest BCUT2D eigenvalue weighted by molar-refractivity contribution is -0.274. The van der Waals surface area contributed by atoms with Gasteiger partial charge < -0.3 is 9.47 Å². The van der Waals surface area contributed by atoms with E-state index < -0.39 is 28.1 Å². The predicted molar refractivity (Wildman–Crippen MR) is 86.7 cm³/mol. The molecule has 140 valence electrons. The number of hydrogen-bond acceptors (Lipinski definition) is 5. The second kappa shape index (κ2) is 7.42. The summed E-state index contributed by atoms with van der Waals surface area (Å²) < 4.78 is 71.6. The fourth-order valence-electron chi connectivity index (χ4n) is 1.91. The zero-order chi connectivity index (χ0) is 19.5. The zero-order valence-electron chi connectivity index (χ0n) is 13.0. The summed E-state index contributed by atoms with van der Waals surface area (Å²) in [5.74, 6) is -1.37. The van der Waals surface area contributed by atoms with Gasteiger partial charge >= 0.3 is 12.3 Å². The Morgan fingerprint density at radius 2 is 1.73 bits per heavy atom. The number of carbonyl (C=O) groups excluding carboxylic acids is 1. The normalized spacial score (nSPS) is 11.7.